The van der Waals surface area contributed by atoms with Crippen molar-refractivity contribution in [2.45, 2.75) is 37.3 Å². The van der Waals surface area contributed by atoms with E-state index in [1.54, 1.807) is 6.07 Å². The number of nitrogens with two attached hydrogens (primary N) is 1. The van der Waals surface area contributed by atoms with E-state index in [0.717, 1.165) is 18.5 Å². The van der Waals surface area contributed by atoms with Gasteiger partial charge in [-0.15, -0.1) is 0 Å². The number of amides is 2. The summed E-state index contributed by atoms with van der Waals surface area (Å²) in [5, 5.41) is 0.432. The zero-order valence-corrected chi connectivity index (χ0v) is 17.5. The molecule has 1 saturated carbocycles. The first-order chi connectivity index (χ1) is 13.8. The Morgan fingerprint density at radius 3 is 2.59 bits per heavy atom. The maximum atomic E-state index is 12.9. The Morgan fingerprint density at radius 1 is 1.31 bits per heavy atom. The highest BCUT2D eigenvalue weighted by Crippen LogP contribution is 2.51. The summed E-state index contributed by atoms with van der Waals surface area (Å²) >= 11 is 6.04. The van der Waals surface area contributed by atoms with Crippen LogP contribution in [0, 0.1) is 6.07 Å². The molecule has 1 radical (unpaired) electrons. The first-order valence-corrected chi connectivity index (χ1v) is 10.2. The van der Waals surface area contributed by atoms with Gasteiger partial charge in [0.2, 0.25) is 5.91 Å². The molecule has 0 spiro atoms. The average molecular weight is 411 g/mol. The van der Waals surface area contributed by atoms with E-state index in [9.17, 15) is 9.59 Å². The summed E-state index contributed by atoms with van der Waals surface area (Å²) in [5.41, 5.74) is 9.14. The van der Waals surface area contributed by atoms with Gasteiger partial charge in [0.1, 0.15) is 6.04 Å². The predicted molar refractivity (Wildman–Crippen MR) is 113 cm³/mol. The number of hydrogen-bond acceptors (Lipinski definition) is 3. The number of rotatable bonds is 7. The Morgan fingerprint density at radius 2 is 2.00 bits per heavy atom. The molecule has 1 aliphatic carbocycles. The number of halogens is 1. The van der Waals surface area contributed by atoms with E-state index in [1.807, 2.05) is 0 Å². The molecule has 1 heterocycles. The molecule has 6 heteroatoms. The van der Waals surface area contributed by atoms with Gasteiger partial charge in [-0.05, 0) is 80.2 Å². The number of carbonyl (C=O) groups excluding carboxylic acids is 2. The third-order valence-electron chi connectivity index (χ3n) is 6.10. The quantitative estimate of drug-likeness (QED) is 0.761. The summed E-state index contributed by atoms with van der Waals surface area (Å²) in [5.74, 6) is -0.806. The lowest BCUT2D eigenvalue weighted by atomic mass is 9.91. The van der Waals surface area contributed by atoms with Crippen molar-refractivity contribution in [2.75, 3.05) is 20.6 Å². The number of primary amides is 1. The number of hydrogen-bond donors (Lipinski definition) is 1. The topological polar surface area (TPSA) is 66.6 Å². The molecule has 2 aromatic carbocycles. The Hall–Kier alpha value is -2.37. The van der Waals surface area contributed by atoms with Crippen LogP contribution in [0.1, 0.15) is 52.4 Å². The highest BCUT2D eigenvalue weighted by Gasteiger charge is 2.44. The second kappa shape index (κ2) is 7.47. The monoisotopic (exact) mass is 410 g/mol. The largest absolute Gasteiger partial charge is 0.368 e. The summed E-state index contributed by atoms with van der Waals surface area (Å²) in [6.07, 6.45) is 3.60. The van der Waals surface area contributed by atoms with E-state index < -0.39 is 11.9 Å². The summed E-state index contributed by atoms with van der Waals surface area (Å²) in [6.45, 7) is 1.39. The molecule has 151 valence electrons. The normalized spacial score (nSPS) is 19.5. The highest BCUT2D eigenvalue weighted by atomic mass is 35.5. The molecule has 0 bridgehead atoms. The van der Waals surface area contributed by atoms with Gasteiger partial charge in [0.05, 0.1) is 5.56 Å². The van der Waals surface area contributed by atoms with Crippen LogP contribution in [0.4, 0.5) is 0 Å². The third kappa shape index (κ3) is 3.77. The van der Waals surface area contributed by atoms with Crippen LogP contribution in [0.25, 0.3) is 0 Å². The second-order valence-corrected chi connectivity index (χ2v) is 8.85. The highest BCUT2D eigenvalue weighted by molar-refractivity contribution is 6.30. The van der Waals surface area contributed by atoms with Crippen molar-refractivity contribution < 1.29 is 9.59 Å². The molecular formula is C23H25ClN3O2. The molecule has 2 aromatic rings. The van der Waals surface area contributed by atoms with E-state index in [0.29, 0.717) is 28.1 Å². The van der Waals surface area contributed by atoms with Gasteiger partial charge < -0.3 is 15.5 Å². The van der Waals surface area contributed by atoms with Crippen LogP contribution >= 0.6 is 11.6 Å². The van der Waals surface area contributed by atoms with Crippen LogP contribution in [-0.4, -0.2) is 42.3 Å². The van der Waals surface area contributed by atoms with Crippen LogP contribution in [0.2, 0.25) is 5.02 Å². The van der Waals surface area contributed by atoms with E-state index in [2.05, 4.69) is 49.3 Å². The molecule has 1 atom stereocenters. The van der Waals surface area contributed by atoms with Crippen molar-refractivity contribution >= 4 is 23.4 Å². The van der Waals surface area contributed by atoms with Gasteiger partial charge in [0.15, 0.2) is 0 Å². The fourth-order valence-electron chi connectivity index (χ4n) is 4.22. The van der Waals surface area contributed by atoms with Crippen molar-refractivity contribution in [3.8, 4) is 0 Å². The van der Waals surface area contributed by atoms with Gasteiger partial charge in [0, 0.05) is 11.6 Å². The van der Waals surface area contributed by atoms with Gasteiger partial charge >= 0.3 is 0 Å². The lowest BCUT2D eigenvalue weighted by molar-refractivity contribution is -0.122. The van der Waals surface area contributed by atoms with Gasteiger partial charge in [-0.2, -0.15) is 0 Å². The molecule has 5 nitrogen and oxygen atoms in total. The molecule has 1 fully saturated rings. The van der Waals surface area contributed by atoms with Crippen LogP contribution in [0.15, 0.2) is 36.4 Å². The standard InChI is InChI=1S/C23H25ClN3O2/c1-26(2)12-11-23(9-10-23)16-5-3-15(4-6-16)14-27-20(21(25)28)19-13-17(24)7-8-18(19)22(27)29/h3-7,13,20H,9-12,14H2,1-2H3,(H2,25,28). The lowest BCUT2D eigenvalue weighted by Crippen LogP contribution is -2.35. The Bertz CT molecular complexity index is 951. The van der Waals surface area contributed by atoms with Crippen molar-refractivity contribution in [3.05, 3.63) is 69.7 Å². The molecular weight excluding hydrogens is 386 g/mol. The summed E-state index contributed by atoms with van der Waals surface area (Å²) in [7, 11) is 4.20. The molecule has 2 amide bonds. The fraction of sp³-hybridized carbons (Fsp3) is 0.391. The van der Waals surface area contributed by atoms with E-state index >= 15 is 0 Å². The van der Waals surface area contributed by atoms with Gasteiger partial charge in [-0.25, -0.2) is 0 Å². The third-order valence-corrected chi connectivity index (χ3v) is 6.32. The van der Waals surface area contributed by atoms with Crippen molar-refractivity contribution in [3.63, 3.8) is 0 Å². The van der Waals surface area contributed by atoms with E-state index in [-0.39, 0.29) is 5.91 Å². The van der Waals surface area contributed by atoms with Crippen LogP contribution in [0.3, 0.4) is 0 Å². The maximum absolute atomic E-state index is 12.9. The van der Waals surface area contributed by atoms with Gasteiger partial charge in [-0.3, -0.25) is 9.59 Å². The molecule has 29 heavy (non-hydrogen) atoms. The number of fused-ring (bicyclic) bond motifs is 1. The predicted octanol–water partition coefficient (Wildman–Crippen LogP) is 3.31. The number of nitrogens with zero attached hydrogens (tertiary/aromatic N) is 2. The molecule has 0 saturated heterocycles. The van der Waals surface area contributed by atoms with Crippen LogP contribution in [0.5, 0.6) is 0 Å². The first kappa shape index (κ1) is 19.9. The maximum Gasteiger partial charge on any atom is 0.256 e. The Labute approximate surface area is 176 Å². The SMILES string of the molecule is CN(C)CCC1(c2ccc(CN3C(=O)c4[c]cc(Cl)cc4C3C(N)=O)cc2)CC1. The molecule has 2 N–H and O–H groups in total. The zero-order chi connectivity index (χ0) is 20.8. The number of carbonyl (C=O) groups is 2. The Balaban J connectivity index is 1.53. The van der Waals surface area contributed by atoms with Crippen molar-refractivity contribution in [2.24, 2.45) is 5.73 Å². The summed E-state index contributed by atoms with van der Waals surface area (Å²) < 4.78 is 0. The Kier molecular flexibility index (Phi) is 5.13. The summed E-state index contributed by atoms with van der Waals surface area (Å²) in [6, 6.07) is 13.7. The van der Waals surface area contributed by atoms with E-state index in [1.165, 1.54) is 29.4 Å². The number of benzene rings is 2. The van der Waals surface area contributed by atoms with Crippen molar-refractivity contribution in [1.29, 1.82) is 0 Å². The van der Waals surface area contributed by atoms with Gasteiger partial charge in [-0.1, -0.05) is 35.9 Å². The minimum atomic E-state index is -0.818. The zero-order valence-electron chi connectivity index (χ0n) is 16.7. The van der Waals surface area contributed by atoms with Crippen LogP contribution < -0.4 is 5.73 Å². The molecule has 0 aromatic heterocycles. The second-order valence-electron chi connectivity index (χ2n) is 8.42. The smallest absolute Gasteiger partial charge is 0.256 e. The minimum Gasteiger partial charge on any atom is -0.368 e. The van der Waals surface area contributed by atoms with E-state index in [4.69, 9.17) is 17.3 Å². The van der Waals surface area contributed by atoms with Gasteiger partial charge in [0.25, 0.3) is 5.91 Å². The van der Waals surface area contributed by atoms with Crippen molar-refractivity contribution in [1.82, 2.24) is 9.80 Å². The van der Waals surface area contributed by atoms with Crippen LogP contribution in [-0.2, 0) is 16.8 Å². The molecule has 1 aliphatic heterocycles. The lowest BCUT2D eigenvalue weighted by Gasteiger charge is -2.23. The summed E-state index contributed by atoms with van der Waals surface area (Å²) in [4.78, 5) is 28.7. The molecule has 1 unspecified atom stereocenters. The first-order valence-electron chi connectivity index (χ1n) is 9.86. The molecule has 2 aliphatic rings. The molecule has 4 rings (SSSR count). The average Bonchev–Trinajstić information content (AvgIpc) is 3.42. The minimum absolute atomic E-state index is 0.241. The fourth-order valence-corrected chi connectivity index (χ4v) is 4.39.